The van der Waals surface area contributed by atoms with E-state index in [-0.39, 0.29) is 18.2 Å². The topological polar surface area (TPSA) is 84.2 Å². The number of nitrogens with one attached hydrogen (secondary N) is 2. The van der Waals surface area contributed by atoms with Crippen LogP contribution in [0.1, 0.15) is 20.3 Å². The molecule has 1 unspecified atom stereocenters. The summed E-state index contributed by atoms with van der Waals surface area (Å²) in [6, 6.07) is 0. The molecule has 0 aromatic rings. The summed E-state index contributed by atoms with van der Waals surface area (Å²) in [6.07, 6.45) is 0.194. The number of carbonyl (C=O) groups is 2. The van der Waals surface area contributed by atoms with Crippen molar-refractivity contribution in [3.8, 4) is 0 Å². The van der Waals surface area contributed by atoms with Crippen molar-refractivity contribution in [2.75, 3.05) is 19.6 Å². The number of hydrogen-bond donors (Lipinski definition) is 3. The predicted octanol–water partition coefficient (Wildman–Crippen LogP) is -0.776. The van der Waals surface area contributed by atoms with Crippen LogP contribution < -0.4 is 16.4 Å². The predicted molar refractivity (Wildman–Crippen MR) is 54.5 cm³/mol. The van der Waals surface area contributed by atoms with Crippen LogP contribution in [-0.4, -0.2) is 31.4 Å². The van der Waals surface area contributed by atoms with Gasteiger partial charge in [0.15, 0.2) is 0 Å². The number of amides is 2. The highest BCUT2D eigenvalue weighted by molar-refractivity contribution is 5.79. The van der Waals surface area contributed by atoms with Gasteiger partial charge >= 0.3 is 0 Å². The molecule has 14 heavy (non-hydrogen) atoms. The summed E-state index contributed by atoms with van der Waals surface area (Å²) in [4.78, 5) is 21.7. The van der Waals surface area contributed by atoms with Gasteiger partial charge in [-0.05, 0) is 6.54 Å². The second kappa shape index (κ2) is 7.32. The Morgan fingerprint density at radius 3 is 2.57 bits per heavy atom. The molecule has 82 valence electrons. The third-order valence-electron chi connectivity index (χ3n) is 1.82. The van der Waals surface area contributed by atoms with Crippen molar-refractivity contribution < 1.29 is 9.59 Å². The molecule has 0 aliphatic heterocycles. The lowest BCUT2D eigenvalue weighted by molar-refractivity contribution is -0.124. The fourth-order valence-corrected chi connectivity index (χ4v) is 0.937. The summed E-state index contributed by atoms with van der Waals surface area (Å²) >= 11 is 0. The maximum Gasteiger partial charge on any atom is 0.224 e. The van der Waals surface area contributed by atoms with Gasteiger partial charge in [0.2, 0.25) is 11.8 Å². The van der Waals surface area contributed by atoms with Crippen molar-refractivity contribution in [2.24, 2.45) is 11.7 Å². The SMILES string of the molecule is CCNCC(C)C(=O)NCCC(N)=O. The average Bonchev–Trinajstić information content (AvgIpc) is 2.13. The molecule has 0 spiro atoms. The van der Waals surface area contributed by atoms with Gasteiger partial charge in [-0.2, -0.15) is 0 Å². The zero-order valence-corrected chi connectivity index (χ0v) is 8.80. The Kier molecular flexibility index (Phi) is 6.74. The molecule has 0 bridgehead atoms. The molecular weight excluding hydrogens is 182 g/mol. The number of nitrogens with two attached hydrogens (primary N) is 1. The third-order valence-corrected chi connectivity index (χ3v) is 1.82. The lowest BCUT2D eigenvalue weighted by atomic mass is 10.1. The first-order valence-corrected chi connectivity index (χ1v) is 4.84. The standard InChI is InChI=1S/C9H19N3O2/c1-3-11-6-7(2)9(14)12-5-4-8(10)13/h7,11H,3-6H2,1-2H3,(H2,10,13)(H,12,14). The van der Waals surface area contributed by atoms with E-state index in [4.69, 9.17) is 5.73 Å². The van der Waals surface area contributed by atoms with Crippen LogP contribution in [0.2, 0.25) is 0 Å². The molecule has 1 atom stereocenters. The molecule has 0 radical (unpaired) electrons. The first-order valence-electron chi connectivity index (χ1n) is 4.84. The molecule has 0 fully saturated rings. The van der Waals surface area contributed by atoms with Crippen LogP contribution in [0.5, 0.6) is 0 Å². The Hall–Kier alpha value is -1.10. The van der Waals surface area contributed by atoms with Crippen LogP contribution >= 0.6 is 0 Å². The molecule has 0 aliphatic rings. The van der Waals surface area contributed by atoms with Gasteiger partial charge in [-0.3, -0.25) is 9.59 Å². The summed E-state index contributed by atoms with van der Waals surface area (Å²) in [5.41, 5.74) is 4.93. The van der Waals surface area contributed by atoms with Crippen LogP contribution in [0.4, 0.5) is 0 Å². The molecule has 2 amide bonds. The van der Waals surface area contributed by atoms with E-state index in [9.17, 15) is 9.59 Å². The van der Waals surface area contributed by atoms with Crippen LogP contribution in [0.3, 0.4) is 0 Å². The Morgan fingerprint density at radius 2 is 2.07 bits per heavy atom. The molecule has 5 nitrogen and oxygen atoms in total. The molecule has 5 heteroatoms. The number of rotatable bonds is 7. The van der Waals surface area contributed by atoms with E-state index in [0.717, 1.165) is 6.54 Å². The van der Waals surface area contributed by atoms with Gasteiger partial charge in [0, 0.05) is 25.4 Å². The van der Waals surface area contributed by atoms with Gasteiger partial charge in [0.25, 0.3) is 0 Å². The molecule has 0 aromatic heterocycles. The van der Waals surface area contributed by atoms with Gasteiger partial charge in [-0.15, -0.1) is 0 Å². The summed E-state index contributed by atoms with van der Waals surface area (Å²) in [7, 11) is 0. The van der Waals surface area contributed by atoms with E-state index in [1.807, 2.05) is 13.8 Å². The van der Waals surface area contributed by atoms with E-state index in [2.05, 4.69) is 10.6 Å². The normalized spacial score (nSPS) is 12.1. The fraction of sp³-hybridized carbons (Fsp3) is 0.778. The lowest BCUT2D eigenvalue weighted by Gasteiger charge is -2.11. The van der Waals surface area contributed by atoms with Crippen molar-refractivity contribution >= 4 is 11.8 Å². The first kappa shape index (κ1) is 12.9. The third kappa shape index (κ3) is 6.42. The number of carbonyl (C=O) groups excluding carboxylic acids is 2. The highest BCUT2D eigenvalue weighted by atomic mass is 16.2. The second-order valence-electron chi connectivity index (χ2n) is 3.22. The van der Waals surface area contributed by atoms with Crippen molar-refractivity contribution in [3.05, 3.63) is 0 Å². The first-order chi connectivity index (χ1) is 6.57. The summed E-state index contributed by atoms with van der Waals surface area (Å²) < 4.78 is 0. The smallest absolute Gasteiger partial charge is 0.224 e. The molecule has 0 aliphatic carbocycles. The van der Waals surface area contributed by atoms with Crippen molar-refractivity contribution in [1.29, 1.82) is 0 Å². The maximum atomic E-state index is 11.3. The Balaban J connectivity index is 3.56. The molecule has 4 N–H and O–H groups in total. The Labute approximate surface area is 84.4 Å². The largest absolute Gasteiger partial charge is 0.370 e. The molecule has 0 saturated heterocycles. The van der Waals surface area contributed by atoms with Crippen LogP contribution in [0.15, 0.2) is 0 Å². The van der Waals surface area contributed by atoms with E-state index in [0.29, 0.717) is 13.1 Å². The van der Waals surface area contributed by atoms with Gasteiger partial charge in [0.1, 0.15) is 0 Å². The van der Waals surface area contributed by atoms with E-state index >= 15 is 0 Å². The Bertz CT molecular complexity index is 194. The summed E-state index contributed by atoms with van der Waals surface area (Å²) in [5.74, 6) is -0.528. The van der Waals surface area contributed by atoms with Crippen molar-refractivity contribution in [2.45, 2.75) is 20.3 Å². The van der Waals surface area contributed by atoms with Gasteiger partial charge in [-0.25, -0.2) is 0 Å². The highest BCUT2D eigenvalue weighted by Gasteiger charge is 2.11. The molecule has 0 heterocycles. The Morgan fingerprint density at radius 1 is 1.43 bits per heavy atom. The van der Waals surface area contributed by atoms with Gasteiger partial charge < -0.3 is 16.4 Å². The average molecular weight is 201 g/mol. The van der Waals surface area contributed by atoms with Crippen molar-refractivity contribution in [1.82, 2.24) is 10.6 Å². The second-order valence-corrected chi connectivity index (χ2v) is 3.22. The van der Waals surface area contributed by atoms with Gasteiger partial charge in [-0.1, -0.05) is 13.8 Å². The van der Waals surface area contributed by atoms with E-state index in [1.54, 1.807) is 0 Å². The minimum absolute atomic E-state index is 0.0489. The zero-order valence-electron chi connectivity index (χ0n) is 8.80. The van der Waals surface area contributed by atoms with Crippen LogP contribution in [-0.2, 0) is 9.59 Å². The van der Waals surface area contributed by atoms with Crippen LogP contribution in [0.25, 0.3) is 0 Å². The number of hydrogen-bond acceptors (Lipinski definition) is 3. The molecule has 0 saturated carbocycles. The molecule has 0 rings (SSSR count). The minimum atomic E-state index is -0.398. The monoisotopic (exact) mass is 201 g/mol. The summed E-state index contributed by atoms with van der Waals surface area (Å²) in [5, 5.41) is 5.72. The quantitative estimate of drug-likeness (QED) is 0.505. The highest BCUT2D eigenvalue weighted by Crippen LogP contribution is 1.91. The maximum absolute atomic E-state index is 11.3. The molecule has 0 aromatic carbocycles. The zero-order chi connectivity index (χ0) is 11.0. The van der Waals surface area contributed by atoms with E-state index < -0.39 is 5.91 Å². The summed E-state index contributed by atoms with van der Waals surface area (Å²) in [6.45, 7) is 5.64. The van der Waals surface area contributed by atoms with Gasteiger partial charge in [0.05, 0.1) is 0 Å². The molecular formula is C9H19N3O2. The van der Waals surface area contributed by atoms with E-state index in [1.165, 1.54) is 0 Å². The number of primary amides is 1. The van der Waals surface area contributed by atoms with Crippen LogP contribution in [0, 0.1) is 5.92 Å². The fourth-order valence-electron chi connectivity index (χ4n) is 0.937. The van der Waals surface area contributed by atoms with Crippen molar-refractivity contribution in [3.63, 3.8) is 0 Å². The lowest BCUT2D eigenvalue weighted by Crippen LogP contribution is -2.36. The minimum Gasteiger partial charge on any atom is -0.370 e.